The summed E-state index contributed by atoms with van der Waals surface area (Å²) in [5, 5.41) is 0. The molecule has 3 atom stereocenters. The van der Waals surface area contributed by atoms with Crippen LogP contribution in [0.2, 0.25) is 0 Å². The van der Waals surface area contributed by atoms with E-state index in [1.165, 1.54) is 55.0 Å². The van der Waals surface area contributed by atoms with Gasteiger partial charge in [0.2, 0.25) is 0 Å². The molecular formula is C24H32N4O. The smallest absolute Gasteiger partial charge is 0.119 e. The van der Waals surface area contributed by atoms with Gasteiger partial charge in [-0.05, 0) is 47.4 Å². The number of nitrogens with zero attached hydrogens (tertiary/aromatic N) is 2. The van der Waals surface area contributed by atoms with Crippen molar-refractivity contribution in [2.24, 2.45) is 5.92 Å². The fourth-order valence-electron chi connectivity index (χ4n) is 5.29. The Labute approximate surface area is 174 Å². The Balaban J connectivity index is 1.30. The summed E-state index contributed by atoms with van der Waals surface area (Å²) in [6.45, 7) is 9.23. The van der Waals surface area contributed by atoms with Gasteiger partial charge in [0.1, 0.15) is 5.75 Å². The topological polar surface area (TPSA) is 39.8 Å². The molecule has 1 aliphatic carbocycles. The Morgan fingerprint density at radius 2 is 1.76 bits per heavy atom. The predicted molar refractivity (Wildman–Crippen MR) is 116 cm³/mol. The molecule has 29 heavy (non-hydrogen) atoms. The fraction of sp³-hybridized carbons (Fsp3) is 0.500. The van der Waals surface area contributed by atoms with Crippen molar-refractivity contribution in [2.75, 3.05) is 39.8 Å². The van der Waals surface area contributed by atoms with Crippen molar-refractivity contribution in [1.29, 1.82) is 0 Å². The summed E-state index contributed by atoms with van der Waals surface area (Å²) in [5.41, 5.74) is 12.9. The lowest BCUT2D eigenvalue weighted by atomic mass is 9.90. The van der Waals surface area contributed by atoms with Crippen molar-refractivity contribution in [3.63, 3.8) is 0 Å². The first-order valence-electron chi connectivity index (χ1n) is 11.0. The normalized spacial score (nSPS) is 27.0. The zero-order valence-electron chi connectivity index (χ0n) is 17.5. The van der Waals surface area contributed by atoms with E-state index in [0.29, 0.717) is 18.0 Å². The predicted octanol–water partition coefficient (Wildman–Crippen LogP) is 2.90. The number of benzene rings is 2. The molecule has 0 radical (unpaired) electrons. The molecule has 154 valence electrons. The van der Waals surface area contributed by atoms with E-state index < -0.39 is 0 Å². The lowest BCUT2D eigenvalue weighted by molar-refractivity contribution is 0.132. The van der Waals surface area contributed by atoms with Crippen molar-refractivity contribution >= 4 is 0 Å². The van der Waals surface area contributed by atoms with E-state index in [-0.39, 0.29) is 0 Å². The minimum absolute atomic E-state index is 0.313. The molecule has 2 heterocycles. The maximum absolute atomic E-state index is 5.43. The number of hydrazine groups is 1. The summed E-state index contributed by atoms with van der Waals surface area (Å²) in [6.07, 6.45) is 1.12. The van der Waals surface area contributed by atoms with Gasteiger partial charge < -0.3 is 9.64 Å². The van der Waals surface area contributed by atoms with E-state index in [4.69, 9.17) is 4.74 Å². The van der Waals surface area contributed by atoms with Crippen molar-refractivity contribution < 1.29 is 4.74 Å². The number of rotatable bonds is 5. The number of hydrogen-bond acceptors (Lipinski definition) is 5. The number of piperazine rings is 1. The minimum atomic E-state index is 0.313. The monoisotopic (exact) mass is 392 g/mol. The van der Waals surface area contributed by atoms with E-state index in [1.807, 2.05) is 6.07 Å². The molecule has 2 aromatic rings. The van der Waals surface area contributed by atoms with Gasteiger partial charge in [-0.15, -0.1) is 0 Å². The van der Waals surface area contributed by atoms with E-state index in [0.717, 1.165) is 18.7 Å². The zero-order chi connectivity index (χ0) is 19.8. The lowest BCUT2D eigenvalue weighted by Crippen LogP contribution is -2.45. The van der Waals surface area contributed by atoms with Gasteiger partial charge in [0, 0.05) is 38.6 Å². The number of likely N-dealkylation sites (N-methyl/N-ethyl adjacent to an activating group) is 1. The molecule has 2 saturated heterocycles. The van der Waals surface area contributed by atoms with Crippen LogP contribution >= 0.6 is 0 Å². The Hall–Kier alpha value is -1.92. The summed E-state index contributed by atoms with van der Waals surface area (Å²) in [4.78, 5) is 5.14. The van der Waals surface area contributed by atoms with Crippen LogP contribution in [-0.4, -0.2) is 49.6 Å². The van der Waals surface area contributed by atoms with Crippen LogP contribution in [0.4, 0.5) is 0 Å². The average Bonchev–Trinajstić information content (AvgIpc) is 3.34. The highest BCUT2D eigenvalue weighted by atomic mass is 16.5. The number of ether oxygens (including phenoxy) is 1. The second kappa shape index (κ2) is 8.07. The first kappa shape index (κ1) is 19.1. The Morgan fingerprint density at radius 3 is 2.55 bits per heavy atom. The standard InChI is InChI=1S/C24H32N4O/c1-3-27-9-11-28(12-10-27)16-17-7-8-18-15-22-23(25-26-24(22)21(18)13-17)19-5-4-6-20(14-19)29-2/h4-8,13-14,22-26H,3,9-12,15-16H2,1-2H3. The summed E-state index contributed by atoms with van der Waals surface area (Å²) < 4.78 is 5.43. The summed E-state index contributed by atoms with van der Waals surface area (Å²) in [6, 6.07) is 16.3. The quantitative estimate of drug-likeness (QED) is 0.819. The molecule has 3 unspecified atom stereocenters. The first-order valence-corrected chi connectivity index (χ1v) is 11.0. The number of methoxy groups -OCH3 is 1. The number of nitrogens with one attached hydrogen (secondary N) is 2. The summed E-state index contributed by atoms with van der Waals surface area (Å²) in [7, 11) is 1.73. The van der Waals surface area contributed by atoms with Gasteiger partial charge in [0.15, 0.2) is 0 Å². The third-order valence-electron chi connectivity index (χ3n) is 7.02. The zero-order valence-corrected chi connectivity index (χ0v) is 17.5. The Morgan fingerprint density at radius 1 is 0.966 bits per heavy atom. The highest BCUT2D eigenvalue weighted by Gasteiger charge is 2.43. The van der Waals surface area contributed by atoms with E-state index in [1.54, 1.807) is 7.11 Å². The van der Waals surface area contributed by atoms with Crippen LogP contribution in [0.3, 0.4) is 0 Å². The second-order valence-corrected chi connectivity index (χ2v) is 8.63. The third kappa shape index (κ3) is 3.68. The van der Waals surface area contributed by atoms with Crippen LogP contribution in [0.5, 0.6) is 5.75 Å². The molecule has 0 saturated carbocycles. The van der Waals surface area contributed by atoms with Crippen LogP contribution in [0, 0.1) is 5.92 Å². The second-order valence-electron chi connectivity index (χ2n) is 8.63. The number of fused-ring (bicyclic) bond motifs is 3. The van der Waals surface area contributed by atoms with Gasteiger partial charge in [-0.1, -0.05) is 37.3 Å². The first-order chi connectivity index (χ1) is 14.2. The Kier molecular flexibility index (Phi) is 5.31. The van der Waals surface area contributed by atoms with Crippen LogP contribution in [0.1, 0.15) is 41.3 Å². The molecule has 2 aromatic carbocycles. The third-order valence-corrected chi connectivity index (χ3v) is 7.02. The van der Waals surface area contributed by atoms with Gasteiger partial charge in [0.25, 0.3) is 0 Å². The van der Waals surface area contributed by atoms with Crippen LogP contribution in [0.15, 0.2) is 42.5 Å². The van der Waals surface area contributed by atoms with Crippen molar-refractivity contribution in [3.05, 3.63) is 64.7 Å². The number of hydrogen-bond donors (Lipinski definition) is 2. The minimum Gasteiger partial charge on any atom is -0.497 e. The molecule has 5 heteroatoms. The van der Waals surface area contributed by atoms with E-state index >= 15 is 0 Å². The molecule has 5 rings (SSSR count). The van der Waals surface area contributed by atoms with Gasteiger partial charge in [-0.25, -0.2) is 10.9 Å². The van der Waals surface area contributed by atoms with E-state index in [2.05, 4.69) is 64.0 Å². The van der Waals surface area contributed by atoms with Gasteiger partial charge in [0.05, 0.1) is 19.2 Å². The Bertz CT molecular complexity index is 862. The molecule has 2 aliphatic heterocycles. The molecule has 5 nitrogen and oxygen atoms in total. The SMILES string of the molecule is CCN1CCN(Cc2ccc3c(c2)C2NNC(c4cccc(OC)c4)C2C3)CC1. The van der Waals surface area contributed by atoms with Gasteiger partial charge in [-0.3, -0.25) is 4.90 Å². The van der Waals surface area contributed by atoms with E-state index in [9.17, 15) is 0 Å². The maximum atomic E-state index is 5.43. The molecule has 3 aliphatic rings. The molecule has 2 fully saturated rings. The maximum Gasteiger partial charge on any atom is 0.119 e. The van der Waals surface area contributed by atoms with Crippen molar-refractivity contribution in [3.8, 4) is 5.75 Å². The molecule has 0 aromatic heterocycles. The highest BCUT2D eigenvalue weighted by molar-refractivity contribution is 5.42. The average molecular weight is 393 g/mol. The summed E-state index contributed by atoms with van der Waals surface area (Å²) in [5.74, 6) is 1.47. The summed E-state index contributed by atoms with van der Waals surface area (Å²) >= 11 is 0. The molecule has 0 bridgehead atoms. The molecule has 2 N–H and O–H groups in total. The van der Waals surface area contributed by atoms with Crippen LogP contribution in [-0.2, 0) is 13.0 Å². The van der Waals surface area contributed by atoms with Gasteiger partial charge in [-0.2, -0.15) is 0 Å². The molecule has 0 spiro atoms. The molecule has 0 amide bonds. The molecular weight excluding hydrogens is 360 g/mol. The highest BCUT2D eigenvalue weighted by Crippen LogP contribution is 2.46. The lowest BCUT2D eigenvalue weighted by Gasteiger charge is -2.34. The van der Waals surface area contributed by atoms with Gasteiger partial charge >= 0.3 is 0 Å². The van der Waals surface area contributed by atoms with Crippen molar-refractivity contribution in [1.82, 2.24) is 20.7 Å². The fourth-order valence-corrected chi connectivity index (χ4v) is 5.29. The largest absolute Gasteiger partial charge is 0.497 e. The van der Waals surface area contributed by atoms with Crippen LogP contribution < -0.4 is 15.6 Å². The van der Waals surface area contributed by atoms with Crippen LogP contribution in [0.25, 0.3) is 0 Å². The van der Waals surface area contributed by atoms with Crippen molar-refractivity contribution in [2.45, 2.75) is 32.0 Å².